The Hall–Kier alpha value is -3.38. The molecule has 0 radical (unpaired) electrons. The van der Waals surface area contributed by atoms with Crippen LogP contribution >= 0.6 is 0 Å². The van der Waals surface area contributed by atoms with Gasteiger partial charge in [0.25, 0.3) is 0 Å². The summed E-state index contributed by atoms with van der Waals surface area (Å²) in [5, 5.41) is 0. The van der Waals surface area contributed by atoms with Crippen molar-refractivity contribution in [3.05, 3.63) is 90.3 Å². The highest BCUT2D eigenvalue weighted by atomic mass is 16.5. The molecule has 6 nitrogen and oxygen atoms in total. The van der Waals surface area contributed by atoms with Gasteiger partial charge < -0.3 is 14.4 Å². The Labute approximate surface area is 220 Å². The molecule has 0 spiro atoms. The van der Waals surface area contributed by atoms with Gasteiger partial charge in [0, 0.05) is 51.0 Å². The zero-order valence-electron chi connectivity index (χ0n) is 21.5. The predicted molar refractivity (Wildman–Crippen MR) is 145 cm³/mol. The van der Waals surface area contributed by atoms with Crippen molar-refractivity contribution in [2.75, 3.05) is 26.2 Å². The second kappa shape index (κ2) is 12.7. The van der Waals surface area contributed by atoms with Gasteiger partial charge in [-0.1, -0.05) is 42.5 Å². The van der Waals surface area contributed by atoms with Crippen LogP contribution in [-0.4, -0.2) is 59.0 Å². The molecule has 2 saturated heterocycles. The number of ether oxygens (including phenoxy) is 2. The van der Waals surface area contributed by atoms with E-state index in [0.29, 0.717) is 19.1 Å². The molecule has 0 atom stereocenters. The number of rotatable bonds is 9. The molecule has 1 amide bonds. The molecule has 0 N–H and O–H groups in total. The number of carbonyl (C=O) groups excluding carboxylic acids is 1. The molecule has 0 unspecified atom stereocenters. The van der Waals surface area contributed by atoms with Crippen LogP contribution in [0.3, 0.4) is 0 Å². The highest BCUT2D eigenvalue weighted by Gasteiger charge is 2.30. The summed E-state index contributed by atoms with van der Waals surface area (Å²) in [6.07, 6.45) is 9.34. The predicted octanol–water partition coefficient (Wildman–Crippen LogP) is 5.13. The summed E-state index contributed by atoms with van der Waals surface area (Å²) < 4.78 is 12.1. The highest BCUT2D eigenvalue weighted by Crippen LogP contribution is 2.24. The third kappa shape index (κ3) is 7.32. The van der Waals surface area contributed by atoms with E-state index >= 15 is 0 Å². The van der Waals surface area contributed by atoms with Gasteiger partial charge in [-0.3, -0.25) is 14.7 Å². The number of aryl methyl sites for hydroxylation is 1. The summed E-state index contributed by atoms with van der Waals surface area (Å²) in [5.74, 6) is 2.02. The summed E-state index contributed by atoms with van der Waals surface area (Å²) in [5.41, 5.74) is 2.29. The van der Waals surface area contributed by atoms with Gasteiger partial charge >= 0.3 is 0 Å². The topological polar surface area (TPSA) is 54.9 Å². The molecule has 0 aliphatic carbocycles. The van der Waals surface area contributed by atoms with Gasteiger partial charge in [-0.25, -0.2) is 0 Å². The number of amides is 1. The van der Waals surface area contributed by atoms with Crippen LogP contribution in [0.5, 0.6) is 11.5 Å². The smallest absolute Gasteiger partial charge is 0.222 e. The molecular weight excluding hydrogens is 462 g/mol. The van der Waals surface area contributed by atoms with Crippen molar-refractivity contribution >= 4 is 5.91 Å². The Bertz CT molecular complexity index is 1110. The normalized spacial score (nSPS) is 17.5. The van der Waals surface area contributed by atoms with E-state index < -0.39 is 0 Å². The van der Waals surface area contributed by atoms with Gasteiger partial charge in [0.05, 0.1) is 0 Å². The molecule has 6 heteroatoms. The Morgan fingerprint density at radius 2 is 1.54 bits per heavy atom. The number of benzene rings is 2. The second-order valence-electron chi connectivity index (χ2n) is 10.1. The highest BCUT2D eigenvalue weighted by molar-refractivity contribution is 5.76. The maximum Gasteiger partial charge on any atom is 0.222 e. The molecule has 1 aromatic heterocycles. The van der Waals surface area contributed by atoms with Crippen molar-refractivity contribution in [1.82, 2.24) is 14.8 Å². The van der Waals surface area contributed by atoms with Crippen LogP contribution in [0.25, 0.3) is 0 Å². The lowest BCUT2D eigenvalue weighted by atomic mass is 9.98. The maximum absolute atomic E-state index is 12.9. The second-order valence-corrected chi connectivity index (χ2v) is 10.1. The summed E-state index contributed by atoms with van der Waals surface area (Å²) in [6.45, 7) is 4.40. The third-order valence-electron chi connectivity index (χ3n) is 7.54. The van der Waals surface area contributed by atoms with Gasteiger partial charge in [-0.2, -0.15) is 0 Å². The van der Waals surface area contributed by atoms with Crippen molar-refractivity contribution in [1.29, 1.82) is 0 Å². The van der Waals surface area contributed by atoms with Crippen LogP contribution in [0.1, 0.15) is 43.2 Å². The number of hydrogen-bond donors (Lipinski definition) is 0. The van der Waals surface area contributed by atoms with E-state index in [1.807, 2.05) is 42.5 Å². The molecule has 2 aliphatic heterocycles. The first-order valence-electron chi connectivity index (χ1n) is 13.6. The molecular formula is C31H37N3O3. The zero-order chi connectivity index (χ0) is 25.3. The average Bonchev–Trinajstić information content (AvgIpc) is 2.97. The standard InChI is InChI=1S/C31H37N3O3/c35-31(10-9-25-7-4-8-30(23-25)36-24-26-5-2-1-3-6-26)34-19-13-27(14-20-34)33-21-15-29(16-22-33)37-28-11-17-32-18-12-28/h1-8,11-12,17-18,23,27,29H,9-10,13-16,19-22,24H2. The van der Waals surface area contributed by atoms with Crippen LogP contribution < -0.4 is 9.47 Å². The van der Waals surface area contributed by atoms with Gasteiger partial charge in [0.1, 0.15) is 24.2 Å². The Morgan fingerprint density at radius 3 is 2.30 bits per heavy atom. The molecule has 5 rings (SSSR count). The summed E-state index contributed by atoms with van der Waals surface area (Å²) in [6, 6.07) is 22.7. The number of piperidine rings is 2. The fourth-order valence-corrected chi connectivity index (χ4v) is 5.39. The minimum absolute atomic E-state index is 0.263. The first-order valence-corrected chi connectivity index (χ1v) is 13.6. The molecule has 194 valence electrons. The summed E-state index contributed by atoms with van der Waals surface area (Å²) in [4.78, 5) is 21.6. The van der Waals surface area contributed by atoms with E-state index in [1.165, 1.54) is 0 Å². The minimum atomic E-state index is 0.263. The molecule has 2 fully saturated rings. The monoisotopic (exact) mass is 499 g/mol. The molecule has 0 saturated carbocycles. The summed E-state index contributed by atoms with van der Waals surface area (Å²) in [7, 11) is 0. The Balaban J connectivity index is 1.01. The van der Waals surface area contributed by atoms with Crippen molar-refractivity contribution in [3.8, 4) is 11.5 Å². The first kappa shape index (κ1) is 25.3. The molecule has 3 heterocycles. The Morgan fingerprint density at radius 1 is 0.811 bits per heavy atom. The fourth-order valence-electron chi connectivity index (χ4n) is 5.39. The van der Waals surface area contributed by atoms with E-state index in [1.54, 1.807) is 12.4 Å². The lowest BCUT2D eigenvalue weighted by Gasteiger charge is -2.41. The molecule has 3 aromatic rings. The Kier molecular flexibility index (Phi) is 8.70. The van der Waals surface area contributed by atoms with Crippen LogP contribution in [-0.2, 0) is 17.8 Å². The van der Waals surface area contributed by atoms with Crippen LogP contribution in [0.2, 0.25) is 0 Å². The van der Waals surface area contributed by atoms with Gasteiger partial charge in [0.2, 0.25) is 5.91 Å². The van der Waals surface area contributed by atoms with E-state index in [4.69, 9.17) is 9.47 Å². The number of likely N-dealkylation sites (tertiary alicyclic amines) is 2. The van der Waals surface area contributed by atoms with Crippen molar-refractivity contribution < 1.29 is 14.3 Å². The van der Waals surface area contributed by atoms with Crippen molar-refractivity contribution in [2.45, 2.75) is 57.3 Å². The van der Waals surface area contributed by atoms with Crippen molar-refractivity contribution in [2.24, 2.45) is 0 Å². The third-order valence-corrected chi connectivity index (χ3v) is 7.54. The van der Waals surface area contributed by atoms with E-state index in [-0.39, 0.29) is 12.0 Å². The minimum Gasteiger partial charge on any atom is -0.490 e. The maximum atomic E-state index is 12.9. The number of carbonyl (C=O) groups is 1. The summed E-state index contributed by atoms with van der Waals surface area (Å²) >= 11 is 0. The largest absolute Gasteiger partial charge is 0.490 e. The van der Waals surface area contributed by atoms with Crippen molar-refractivity contribution in [3.63, 3.8) is 0 Å². The molecule has 2 aromatic carbocycles. The fraction of sp³-hybridized carbons (Fsp3) is 0.419. The molecule has 2 aliphatic rings. The van der Waals surface area contributed by atoms with E-state index in [2.05, 4.69) is 39.0 Å². The van der Waals surface area contributed by atoms with E-state index in [9.17, 15) is 4.79 Å². The molecule has 0 bridgehead atoms. The molecule has 37 heavy (non-hydrogen) atoms. The zero-order valence-corrected chi connectivity index (χ0v) is 21.5. The van der Waals surface area contributed by atoms with Crippen LogP contribution in [0.4, 0.5) is 0 Å². The van der Waals surface area contributed by atoms with E-state index in [0.717, 1.165) is 80.9 Å². The number of pyridine rings is 1. The number of hydrogen-bond acceptors (Lipinski definition) is 5. The quantitative estimate of drug-likeness (QED) is 0.409. The van der Waals surface area contributed by atoms with Gasteiger partial charge in [-0.05, 0) is 67.5 Å². The average molecular weight is 500 g/mol. The lowest BCUT2D eigenvalue weighted by molar-refractivity contribution is -0.132. The van der Waals surface area contributed by atoms with Crippen LogP contribution in [0.15, 0.2) is 79.1 Å². The first-order chi connectivity index (χ1) is 18.2. The number of nitrogens with zero attached hydrogens (tertiary/aromatic N) is 3. The number of aromatic nitrogens is 1. The van der Waals surface area contributed by atoms with Gasteiger partial charge in [0.15, 0.2) is 0 Å². The van der Waals surface area contributed by atoms with Gasteiger partial charge in [-0.15, -0.1) is 0 Å². The van der Waals surface area contributed by atoms with Crippen LogP contribution in [0, 0.1) is 0 Å². The lowest BCUT2D eigenvalue weighted by Crippen LogP contribution is -2.50. The SMILES string of the molecule is O=C(CCc1cccc(OCc2ccccc2)c1)N1CCC(N2CCC(Oc3ccncc3)CC2)CC1.